The maximum Gasteiger partial charge on any atom is 0.337 e. The highest BCUT2D eigenvalue weighted by Crippen LogP contribution is 2.36. The Morgan fingerprint density at radius 1 is 1.00 bits per heavy atom. The molecule has 0 saturated carbocycles. The Balaban J connectivity index is 1.61. The third-order valence-corrected chi connectivity index (χ3v) is 8.88. The highest BCUT2D eigenvalue weighted by atomic mass is 35.5. The van der Waals surface area contributed by atoms with E-state index in [2.05, 4.69) is 20.1 Å². The predicted octanol–water partition coefficient (Wildman–Crippen LogP) is 4.92. The van der Waals surface area contributed by atoms with Gasteiger partial charge in [0.2, 0.25) is 0 Å². The number of para-hydroxylation sites is 1. The number of azo groups is 1. The van der Waals surface area contributed by atoms with E-state index < -0.39 is 48.0 Å². The second-order valence-electron chi connectivity index (χ2n) is 8.62. The topological polar surface area (TPSA) is 195 Å². The summed E-state index contributed by atoms with van der Waals surface area (Å²) in [4.78, 5) is 23.7. The van der Waals surface area contributed by atoms with Crippen LogP contribution in [0.1, 0.15) is 22.8 Å². The molecule has 3 aromatic carbocycles. The van der Waals surface area contributed by atoms with Crippen molar-refractivity contribution in [2.75, 3.05) is 9.73 Å². The summed E-state index contributed by atoms with van der Waals surface area (Å²) in [6.45, 7) is 3.02. The number of carboxylic acid groups (broad SMARTS) is 1. The molecule has 3 aromatic rings. The summed E-state index contributed by atoms with van der Waals surface area (Å²) in [6, 6.07) is 10.4. The SMILES string of the molecule is CC1=NN(c2cc(Cl)c(S(=O)(=O)O)cc2Cl)C(=O)[C@@H]1N=Nc1ccc(C)c(S(=O)(=O)Nc2ccccc2C(=O)O)c1. The molecule has 1 aliphatic heterocycles. The number of nitrogens with zero attached hydrogens (tertiary/aromatic N) is 4. The number of aryl methyl sites for hydroxylation is 1. The molecule has 41 heavy (non-hydrogen) atoms. The van der Waals surface area contributed by atoms with Gasteiger partial charge in [-0.1, -0.05) is 41.4 Å². The van der Waals surface area contributed by atoms with E-state index in [1.54, 1.807) is 0 Å². The van der Waals surface area contributed by atoms with Crippen LogP contribution in [0.15, 0.2) is 79.7 Å². The van der Waals surface area contributed by atoms with Gasteiger partial charge >= 0.3 is 5.97 Å². The van der Waals surface area contributed by atoms with Crippen molar-refractivity contribution in [2.24, 2.45) is 15.3 Å². The molecule has 13 nitrogen and oxygen atoms in total. The van der Waals surface area contributed by atoms with Crippen LogP contribution in [0.25, 0.3) is 0 Å². The number of sulfonamides is 1. The number of amides is 1. The van der Waals surface area contributed by atoms with Crippen LogP contribution in [0.5, 0.6) is 0 Å². The van der Waals surface area contributed by atoms with E-state index in [1.165, 1.54) is 56.3 Å². The number of carboxylic acids is 1. The lowest BCUT2D eigenvalue weighted by atomic mass is 10.2. The second kappa shape index (κ2) is 11.2. The first-order valence-corrected chi connectivity index (χ1v) is 15.0. The van der Waals surface area contributed by atoms with Gasteiger partial charge in [0.05, 0.1) is 43.3 Å². The van der Waals surface area contributed by atoms with Gasteiger partial charge in [-0.2, -0.15) is 28.8 Å². The summed E-state index contributed by atoms with van der Waals surface area (Å²) in [6.07, 6.45) is 0. The van der Waals surface area contributed by atoms with Crippen molar-refractivity contribution in [3.05, 3.63) is 75.8 Å². The molecule has 0 fully saturated rings. The van der Waals surface area contributed by atoms with E-state index >= 15 is 0 Å². The lowest BCUT2D eigenvalue weighted by Crippen LogP contribution is -2.30. The van der Waals surface area contributed by atoms with Gasteiger partial charge < -0.3 is 5.11 Å². The lowest BCUT2D eigenvalue weighted by Gasteiger charge is -2.15. The zero-order valence-corrected chi connectivity index (χ0v) is 24.1. The molecule has 1 aliphatic rings. The number of rotatable bonds is 8. The molecule has 17 heteroatoms. The van der Waals surface area contributed by atoms with Crippen molar-refractivity contribution in [2.45, 2.75) is 29.7 Å². The van der Waals surface area contributed by atoms with Crippen LogP contribution in [0.3, 0.4) is 0 Å². The molecule has 1 amide bonds. The lowest BCUT2D eigenvalue weighted by molar-refractivity contribution is -0.117. The van der Waals surface area contributed by atoms with Gasteiger partial charge in [0.25, 0.3) is 26.0 Å². The molecule has 0 spiro atoms. The van der Waals surface area contributed by atoms with E-state index in [0.29, 0.717) is 5.56 Å². The van der Waals surface area contributed by atoms with Crippen LogP contribution in [-0.2, 0) is 24.9 Å². The number of carbonyl (C=O) groups is 2. The van der Waals surface area contributed by atoms with Gasteiger partial charge in [-0.05, 0) is 55.8 Å². The fourth-order valence-electron chi connectivity index (χ4n) is 3.76. The molecule has 0 radical (unpaired) electrons. The smallest absolute Gasteiger partial charge is 0.337 e. The van der Waals surface area contributed by atoms with Crippen LogP contribution in [0, 0.1) is 6.92 Å². The first-order valence-electron chi connectivity index (χ1n) is 11.3. The number of aromatic carboxylic acids is 1. The zero-order chi connectivity index (χ0) is 30.3. The van der Waals surface area contributed by atoms with Gasteiger partial charge in [0.1, 0.15) is 4.90 Å². The fraction of sp³-hybridized carbons (Fsp3) is 0.125. The zero-order valence-electron chi connectivity index (χ0n) is 21.0. The molecular formula is C24H19Cl2N5O8S2. The Kier molecular flexibility index (Phi) is 8.20. The number of hydrogen-bond acceptors (Lipinski definition) is 9. The highest BCUT2D eigenvalue weighted by Gasteiger charge is 2.36. The van der Waals surface area contributed by atoms with Crippen molar-refractivity contribution in [3.8, 4) is 0 Å². The molecule has 0 aliphatic carbocycles. The monoisotopic (exact) mass is 639 g/mol. The molecular weight excluding hydrogens is 621 g/mol. The minimum atomic E-state index is -4.67. The van der Waals surface area contributed by atoms with Crippen LogP contribution >= 0.6 is 23.2 Å². The van der Waals surface area contributed by atoms with Crippen LogP contribution in [0.4, 0.5) is 17.1 Å². The minimum absolute atomic E-state index is 0.0671. The van der Waals surface area contributed by atoms with E-state index in [-0.39, 0.29) is 38.3 Å². The maximum atomic E-state index is 13.1. The van der Waals surface area contributed by atoms with Gasteiger partial charge in [-0.15, -0.1) is 0 Å². The maximum absolute atomic E-state index is 13.1. The van der Waals surface area contributed by atoms with Crippen molar-refractivity contribution in [1.29, 1.82) is 0 Å². The Bertz CT molecular complexity index is 1880. The molecule has 3 N–H and O–H groups in total. The number of benzene rings is 3. The molecule has 4 rings (SSSR count). The number of halogens is 2. The standard InChI is InChI=1S/C24H19Cl2N5O8S2/c1-12-7-8-14(9-20(12)40(35,36)30-18-6-4-3-5-15(18)24(33)34)27-28-22-13(2)29-31(23(22)32)19-10-17(26)21(11-16(19)25)41(37,38)39/h3-11,22,30H,1-2H3,(H,33,34)(H,37,38,39)/t22-/m1/s1. The first kappa shape index (κ1) is 30.1. The number of anilines is 2. The summed E-state index contributed by atoms with van der Waals surface area (Å²) in [5.74, 6) is -2.02. The summed E-state index contributed by atoms with van der Waals surface area (Å²) < 4.78 is 60.8. The normalized spacial score (nSPS) is 15.8. The molecule has 0 aromatic heterocycles. The molecule has 0 bridgehead atoms. The van der Waals surface area contributed by atoms with Crippen molar-refractivity contribution < 1.29 is 36.1 Å². The average Bonchev–Trinajstić information content (AvgIpc) is 3.16. The fourth-order valence-corrected chi connectivity index (χ4v) is 6.44. The minimum Gasteiger partial charge on any atom is -0.478 e. The molecule has 214 valence electrons. The molecule has 0 unspecified atom stereocenters. The average molecular weight is 640 g/mol. The Labute approximate surface area is 243 Å². The van der Waals surface area contributed by atoms with Gasteiger partial charge in [-0.3, -0.25) is 14.1 Å². The van der Waals surface area contributed by atoms with Crippen molar-refractivity contribution in [1.82, 2.24) is 0 Å². The number of nitrogens with one attached hydrogen (secondary N) is 1. The molecule has 1 heterocycles. The second-order valence-corrected chi connectivity index (χ2v) is 12.5. The summed E-state index contributed by atoms with van der Waals surface area (Å²) in [5.41, 5.74) is 0.167. The van der Waals surface area contributed by atoms with E-state index in [0.717, 1.165) is 17.1 Å². The van der Waals surface area contributed by atoms with Crippen LogP contribution < -0.4 is 9.73 Å². The van der Waals surface area contributed by atoms with Crippen molar-refractivity contribution >= 4 is 78.0 Å². The summed E-state index contributed by atoms with van der Waals surface area (Å²) in [7, 11) is -8.93. The highest BCUT2D eigenvalue weighted by molar-refractivity contribution is 7.92. The number of hydrogen-bond donors (Lipinski definition) is 3. The van der Waals surface area contributed by atoms with Gasteiger partial charge in [0.15, 0.2) is 6.04 Å². The Hall–Kier alpha value is -3.89. The van der Waals surface area contributed by atoms with E-state index in [9.17, 15) is 36.1 Å². The number of hydrazone groups is 1. The first-order chi connectivity index (χ1) is 19.1. The van der Waals surface area contributed by atoms with Crippen LogP contribution in [-0.4, -0.2) is 50.1 Å². The van der Waals surface area contributed by atoms with E-state index in [1.807, 2.05) is 0 Å². The third kappa shape index (κ3) is 6.23. The molecule has 0 saturated heterocycles. The van der Waals surface area contributed by atoms with Crippen molar-refractivity contribution in [3.63, 3.8) is 0 Å². The van der Waals surface area contributed by atoms with Crippen LogP contribution in [0.2, 0.25) is 10.0 Å². The van der Waals surface area contributed by atoms with Gasteiger partial charge in [0, 0.05) is 0 Å². The van der Waals surface area contributed by atoms with Gasteiger partial charge in [-0.25, -0.2) is 13.2 Å². The predicted molar refractivity (Wildman–Crippen MR) is 151 cm³/mol. The third-order valence-electron chi connectivity index (χ3n) is 5.76. The summed E-state index contributed by atoms with van der Waals surface area (Å²) >= 11 is 12.1. The molecule has 1 atom stereocenters. The summed E-state index contributed by atoms with van der Waals surface area (Å²) in [5, 5.41) is 21.7. The van der Waals surface area contributed by atoms with E-state index in [4.69, 9.17) is 23.2 Å². The Morgan fingerprint density at radius 2 is 1.68 bits per heavy atom. The Morgan fingerprint density at radius 3 is 2.34 bits per heavy atom. The largest absolute Gasteiger partial charge is 0.478 e. The number of carbonyl (C=O) groups excluding carboxylic acids is 1. The quantitative estimate of drug-likeness (QED) is 0.228.